The number of rotatable bonds is 7. The van der Waals surface area contributed by atoms with Gasteiger partial charge in [-0.05, 0) is 59.3 Å². The van der Waals surface area contributed by atoms with Crippen LogP contribution >= 0.6 is 0 Å². The highest BCUT2D eigenvalue weighted by Gasteiger charge is 2.26. The molecule has 24 heavy (non-hydrogen) atoms. The van der Waals surface area contributed by atoms with Crippen LogP contribution in [0.15, 0.2) is 4.79 Å². The molecule has 134 valence electrons. The van der Waals surface area contributed by atoms with Gasteiger partial charge in [-0.2, -0.15) is 0 Å². The Labute approximate surface area is 144 Å². The molecule has 1 aliphatic rings. The second-order valence-corrected chi connectivity index (χ2v) is 7.34. The SMILES string of the molecule is CCC(C)(C)C(=O)OCCCCc1c(C)nc2n(c1=O)CCCC2. The first-order chi connectivity index (χ1) is 11.4. The summed E-state index contributed by atoms with van der Waals surface area (Å²) in [4.78, 5) is 29.1. The van der Waals surface area contributed by atoms with Crippen molar-refractivity contribution in [3.05, 3.63) is 27.4 Å². The van der Waals surface area contributed by atoms with Crippen molar-refractivity contribution in [2.75, 3.05) is 6.61 Å². The maximum atomic E-state index is 12.6. The number of hydrogen-bond donors (Lipinski definition) is 0. The fourth-order valence-electron chi connectivity index (χ4n) is 2.93. The summed E-state index contributed by atoms with van der Waals surface area (Å²) in [6.07, 6.45) is 6.14. The van der Waals surface area contributed by atoms with E-state index >= 15 is 0 Å². The summed E-state index contributed by atoms with van der Waals surface area (Å²) in [7, 11) is 0. The molecule has 0 aliphatic carbocycles. The van der Waals surface area contributed by atoms with Gasteiger partial charge in [0.05, 0.1) is 12.0 Å². The molecule has 0 atom stereocenters. The van der Waals surface area contributed by atoms with Gasteiger partial charge < -0.3 is 4.74 Å². The summed E-state index contributed by atoms with van der Waals surface area (Å²) >= 11 is 0. The highest BCUT2D eigenvalue weighted by Crippen LogP contribution is 2.21. The topological polar surface area (TPSA) is 61.2 Å². The fourth-order valence-corrected chi connectivity index (χ4v) is 2.93. The largest absolute Gasteiger partial charge is 0.465 e. The summed E-state index contributed by atoms with van der Waals surface area (Å²) in [6, 6.07) is 0. The van der Waals surface area contributed by atoms with Gasteiger partial charge in [0, 0.05) is 24.2 Å². The molecule has 1 aromatic rings. The minimum absolute atomic E-state index is 0.126. The zero-order valence-corrected chi connectivity index (χ0v) is 15.5. The van der Waals surface area contributed by atoms with Gasteiger partial charge in [-0.3, -0.25) is 14.2 Å². The molecular formula is C19H30N2O3. The molecular weight excluding hydrogens is 304 g/mol. The Morgan fingerprint density at radius 2 is 2.04 bits per heavy atom. The number of carbonyl (C=O) groups is 1. The maximum Gasteiger partial charge on any atom is 0.311 e. The molecule has 2 heterocycles. The van der Waals surface area contributed by atoms with E-state index < -0.39 is 5.41 Å². The summed E-state index contributed by atoms with van der Waals surface area (Å²) < 4.78 is 7.19. The summed E-state index contributed by atoms with van der Waals surface area (Å²) in [5, 5.41) is 0. The van der Waals surface area contributed by atoms with Crippen molar-refractivity contribution in [1.29, 1.82) is 0 Å². The summed E-state index contributed by atoms with van der Waals surface area (Å²) in [5.74, 6) is 0.792. The lowest BCUT2D eigenvalue weighted by Gasteiger charge is -2.20. The van der Waals surface area contributed by atoms with Crippen LogP contribution in [0.4, 0.5) is 0 Å². The van der Waals surface area contributed by atoms with Crippen LogP contribution in [0.5, 0.6) is 0 Å². The van der Waals surface area contributed by atoms with Crippen LogP contribution in [0.25, 0.3) is 0 Å². The van der Waals surface area contributed by atoms with Gasteiger partial charge >= 0.3 is 5.97 Å². The Kier molecular flexibility index (Phi) is 6.19. The number of esters is 1. The average Bonchev–Trinajstić information content (AvgIpc) is 2.56. The van der Waals surface area contributed by atoms with Crippen LogP contribution in [-0.2, 0) is 28.9 Å². The van der Waals surface area contributed by atoms with Crippen LogP contribution in [-0.4, -0.2) is 22.1 Å². The van der Waals surface area contributed by atoms with E-state index in [0.29, 0.717) is 13.0 Å². The van der Waals surface area contributed by atoms with Crippen LogP contribution in [0.2, 0.25) is 0 Å². The van der Waals surface area contributed by atoms with Gasteiger partial charge in [0.1, 0.15) is 5.82 Å². The van der Waals surface area contributed by atoms with Crippen molar-refractivity contribution < 1.29 is 9.53 Å². The van der Waals surface area contributed by atoms with E-state index in [-0.39, 0.29) is 11.5 Å². The molecule has 0 bridgehead atoms. The third kappa shape index (κ3) is 4.25. The van der Waals surface area contributed by atoms with E-state index in [0.717, 1.165) is 62.2 Å². The van der Waals surface area contributed by atoms with Gasteiger partial charge in [-0.25, -0.2) is 4.98 Å². The molecule has 0 saturated heterocycles. The number of nitrogens with zero attached hydrogens (tertiary/aromatic N) is 2. The van der Waals surface area contributed by atoms with E-state index in [1.165, 1.54) is 0 Å². The van der Waals surface area contributed by atoms with Gasteiger partial charge in [0.2, 0.25) is 0 Å². The van der Waals surface area contributed by atoms with Crippen molar-refractivity contribution in [2.45, 2.75) is 79.2 Å². The minimum atomic E-state index is -0.419. The molecule has 0 saturated carbocycles. The average molecular weight is 334 g/mol. The van der Waals surface area contributed by atoms with Gasteiger partial charge in [-0.1, -0.05) is 6.92 Å². The number of aromatic nitrogens is 2. The molecule has 0 spiro atoms. The second-order valence-electron chi connectivity index (χ2n) is 7.34. The number of carbonyl (C=O) groups excluding carboxylic acids is 1. The van der Waals surface area contributed by atoms with E-state index in [1.807, 2.05) is 32.3 Å². The zero-order valence-electron chi connectivity index (χ0n) is 15.5. The molecule has 2 rings (SSSR count). The van der Waals surface area contributed by atoms with Crippen LogP contribution in [0.1, 0.15) is 70.0 Å². The van der Waals surface area contributed by atoms with Crippen molar-refractivity contribution in [2.24, 2.45) is 5.41 Å². The van der Waals surface area contributed by atoms with Crippen molar-refractivity contribution in [1.82, 2.24) is 9.55 Å². The predicted octanol–water partition coefficient (Wildman–Crippen LogP) is 3.19. The zero-order chi connectivity index (χ0) is 17.7. The smallest absolute Gasteiger partial charge is 0.311 e. The monoisotopic (exact) mass is 334 g/mol. The standard InChI is InChI=1S/C19H30N2O3/c1-5-19(3,4)18(23)24-13-9-7-10-15-14(2)20-16-11-6-8-12-21(16)17(15)22/h5-13H2,1-4H3. The normalized spacial score (nSPS) is 14.3. The van der Waals surface area contributed by atoms with Gasteiger partial charge in [0.15, 0.2) is 0 Å². The lowest BCUT2D eigenvalue weighted by Crippen LogP contribution is -2.32. The summed E-state index contributed by atoms with van der Waals surface area (Å²) in [6.45, 7) is 8.92. The number of ether oxygens (including phenoxy) is 1. The van der Waals surface area contributed by atoms with Crippen LogP contribution < -0.4 is 5.56 Å². The Hall–Kier alpha value is -1.65. The van der Waals surface area contributed by atoms with Crippen molar-refractivity contribution >= 4 is 5.97 Å². The minimum Gasteiger partial charge on any atom is -0.465 e. The van der Waals surface area contributed by atoms with E-state index in [9.17, 15) is 9.59 Å². The molecule has 0 unspecified atom stereocenters. The number of hydrogen-bond acceptors (Lipinski definition) is 4. The molecule has 0 aromatic carbocycles. The number of aryl methyl sites for hydroxylation is 2. The van der Waals surface area contributed by atoms with Gasteiger partial charge in [-0.15, -0.1) is 0 Å². The van der Waals surface area contributed by atoms with Crippen molar-refractivity contribution in [3.8, 4) is 0 Å². The Bertz CT molecular complexity index is 647. The maximum absolute atomic E-state index is 12.6. The van der Waals surface area contributed by atoms with Gasteiger partial charge in [0.25, 0.3) is 5.56 Å². The van der Waals surface area contributed by atoms with Crippen LogP contribution in [0, 0.1) is 12.3 Å². The third-order valence-electron chi connectivity index (χ3n) is 5.07. The highest BCUT2D eigenvalue weighted by atomic mass is 16.5. The van der Waals surface area contributed by atoms with E-state index in [1.54, 1.807) is 0 Å². The number of unbranched alkanes of at least 4 members (excludes halogenated alkanes) is 1. The molecule has 0 amide bonds. The molecule has 0 N–H and O–H groups in total. The lowest BCUT2D eigenvalue weighted by atomic mass is 9.91. The molecule has 1 aliphatic heterocycles. The first kappa shape index (κ1) is 18.7. The predicted molar refractivity (Wildman–Crippen MR) is 94.1 cm³/mol. The Balaban J connectivity index is 1.87. The summed E-state index contributed by atoms with van der Waals surface area (Å²) in [5.41, 5.74) is 1.39. The molecule has 5 heteroatoms. The van der Waals surface area contributed by atoms with Crippen LogP contribution in [0.3, 0.4) is 0 Å². The molecule has 0 radical (unpaired) electrons. The first-order valence-corrected chi connectivity index (χ1v) is 9.13. The Morgan fingerprint density at radius 3 is 2.75 bits per heavy atom. The molecule has 1 aromatic heterocycles. The highest BCUT2D eigenvalue weighted by molar-refractivity contribution is 5.75. The van der Waals surface area contributed by atoms with Crippen molar-refractivity contribution in [3.63, 3.8) is 0 Å². The first-order valence-electron chi connectivity index (χ1n) is 9.13. The fraction of sp³-hybridized carbons (Fsp3) is 0.737. The molecule has 0 fully saturated rings. The lowest BCUT2D eigenvalue weighted by molar-refractivity contribution is -0.154. The Morgan fingerprint density at radius 1 is 1.29 bits per heavy atom. The van der Waals surface area contributed by atoms with E-state index in [4.69, 9.17) is 4.74 Å². The number of fused-ring (bicyclic) bond motifs is 1. The second kappa shape index (κ2) is 7.95. The molecule has 5 nitrogen and oxygen atoms in total. The third-order valence-corrected chi connectivity index (χ3v) is 5.07. The quantitative estimate of drug-likeness (QED) is 0.567. The van der Waals surface area contributed by atoms with E-state index in [2.05, 4.69) is 4.98 Å².